The fourth-order valence-corrected chi connectivity index (χ4v) is 2.10. The summed E-state index contributed by atoms with van der Waals surface area (Å²) in [7, 11) is 2.55. The molecule has 0 bridgehead atoms. The molecule has 0 radical (unpaired) electrons. The minimum Gasteiger partial charge on any atom is -0.497 e. The lowest BCUT2D eigenvalue weighted by Crippen LogP contribution is -2.42. The lowest BCUT2D eigenvalue weighted by atomic mass is 10.2. The summed E-state index contributed by atoms with van der Waals surface area (Å²) in [5, 5.41) is 0. The van der Waals surface area contributed by atoms with Gasteiger partial charge < -0.3 is 24.6 Å². The van der Waals surface area contributed by atoms with Crippen molar-refractivity contribution in [1.82, 2.24) is 0 Å². The van der Waals surface area contributed by atoms with Crippen molar-refractivity contribution in [2.24, 2.45) is 0 Å². The third-order valence-corrected chi connectivity index (χ3v) is 3.27. The van der Waals surface area contributed by atoms with Gasteiger partial charge in [-0.3, -0.25) is 9.59 Å². The van der Waals surface area contributed by atoms with Gasteiger partial charge in [-0.15, -0.1) is 0 Å². The largest absolute Gasteiger partial charge is 0.497 e. The topological polar surface area (TPSA) is 119 Å². The maximum absolute atomic E-state index is 12.7. The van der Waals surface area contributed by atoms with E-state index in [0.29, 0.717) is 11.4 Å². The Labute approximate surface area is 157 Å². The highest BCUT2D eigenvalue weighted by Crippen LogP contribution is 2.20. The van der Waals surface area contributed by atoms with E-state index in [9.17, 15) is 14.4 Å². The molecule has 0 saturated heterocycles. The summed E-state index contributed by atoms with van der Waals surface area (Å²) in [4.78, 5) is 40.2. The van der Waals surface area contributed by atoms with Crippen LogP contribution < -0.4 is 9.64 Å². The third-order valence-electron chi connectivity index (χ3n) is 3.27. The van der Waals surface area contributed by atoms with Gasteiger partial charge >= 0.3 is 23.6 Å². The number of methoxy groups -OCH3 is 2. The molecule has 9 heteroatoms. The van der Waals surface area contributed by atoms with Gasteiger partial charge in [-0.25, -0.2) is 4.79 Å². The van der Waals surface area contributed by atoms with E-state index in [2.05, 4.69) is 9.53 Å². The number of carbonyl (C=O) groups excluding carboxylic acids is 3. The van der Waals surface area contributed by atoms with Gasteiger partial charge in [0.2, 0.25) is 0 Å². The Morgan fingerprint density at radius 2 is 1.70 bits per heavy atom. The van der Waals surface area contributed by atoms with Crippen LogP contribution in [-0.2, 0) is 23.9 Å². The minimum absolute atomic E-state index is 0.101. The van der Waals surface area contributed by atoms with E-state index in [1.165, 1.54) is 7.11 Å². The van der Waals surface area contributed by atoms with Crippen molar-refractivity contribution in [3.63, 3.8) is 0 Å². The van der Waals surface area contributed by atoms with Crippen molar-refractivity contribution in [1.29, 1.82) is 0 Å². The quantitative estimate of drug-likeness (QED) is 0.234. The molecule has 0 N–H and O–H groups in total. The highest BCUT2D eigenvalue weighted by molar-refractivity contribution is 6.64. The van der Waals surface area contributed by atoms with Gasteiger partial charge in [-0.2, -0.15) is 4.79 Å². The van der Waals surface area contributed by atoms with Gasteiger partial charge in [0.1, 0.15) is 11.4 Å². The number of anilines is 1. The van der Waals surface area contributed by atoms with Crippen LogP contribution in [-0.4, -0.2) is 54.7 Å². The molecule has 1 amide bonds. The third kappa shape index (κ3) is 6.56. The number of ether oxygens (including phenoxy) is 3. The molecule has 9 nitrogen and oxygen atoms in total. The lowest BCUT2D eigenvalue weighted by Gasteiger charge is -2.23. The average Bonchev–Trinajstić information content (AvgIpc) is 2.61. The molecule has 0 aromatic heterocycles. The van der Waals surface area contributed by atoms with E-state index in [4.69, 9.17) is 15.0 Å². The number of rotatable bonds is 7. The van der Waals surface area contributed by atoms with Crippen LogP contribution in [0, 0.1) is 0 Å². The lowest BCUT2D eigenvalue weighted by molar-refractivity contribution is -0.154. The minimum atomic E-state index is -1.10. The fourth-order valence-electron chi connectivity index (χ4n) is 2.10. The van der Waals surface area contributed by atoms with Gasteiger partial charge in [0.15, 0.2) is 0 Å². The molecule has 0 atom stereocenters. The van der Waals surface area contributed by atoms with Crippen LogP contribution in [0.3, 0.4) is 0 Å². The smallest absolute Gasteiger partial charge is 0.463 e. The molecule has 146 valence electrons. The van der Waals surface area contributed by atoms with E-state index in [-0.39, 0.29) is 13.0 Å². The SMILES string of the molecule is COC(=O)C(=[N+]=[N-])C(=O)N(CCC(=O)OC(C)(C)C)c1ccc(OC)cc1. The zero-order chi connectivity index (χ0) is 20.6. The molecule has 0 aliphatic carbocycles. The predicted molar refractivity (Wildman–Crippen MR) is 96.5 cm³/mol. The summed E-state index contributed by atoms with van der Waals surface area (Å²) in [6.07, 6.45) is -0.130. The number of hydrogen-bond donors (Lipinski definition) is 0. The fraction of sp³-hybridized carbons (Fsp3) is 0.444. The standard InChI is InChI=1S/C18H23N3O6/c1-18(2,3)27-14(22)10-11-21(12-6-8-13(25-4)9-7-12)16(23)15(20-19)17(24)26-5/h6-9H,10-11H2,1-5H3. The molecule has 1 aromatic carbocycles. The van der Waals surface area contributed by atoms with Gasteiger partial charge in [-0.05, 0) is 45.0 Å². The Bertz CT molecular complexity index is 745. The van der Waals surface area contributed by atoms with Crippen molar-refractivity contribution in [3.05, 3.63) is 29.8 Å². The van der Waals surface area contributed by atoms with Crippen LogP contribution >= 0.6 is 0 Å². The number of nitrogens with zero attached hydrogens (tertiary/aromatic N) is 3. The van der Waals surface area contributed by atoms with Crippen molar-refractivity contribution in [2.75, 3.05) is 25.7 Å². The molecule has 0 aliphatic rings. The first kappa shape index (κ1) is 21.9. The molecule has 0 heterocycles. The second-order valence-corrected chi connectivity index (χ2v) is 6.43. The number of esters is 2. The Balaban J connectivity index is 3.12. The zero-order valence-corrected chi connectivity index (χ0v) is 16.0. The zero-order valence-electron chi connectivity index (χ0n) is 16.0. The van der Waals surface area contributed by atoms with E-state index < -0.39 is 29.2 Å². The van der Waals surface area contributed by atoms with E-state index in [1.54, 1.807) is 45.0 Å². The van der Waals surface area contributed by atoms with Crippen LogP contribution in [0.2, 0.25) is 0 Å². The predicted octanol–water partition coefficient (Wildman–Crippen LogP) is 1.60. The van der Waals surface area contributed by atoms with Gasteiger partial charge in [-0.1, -0.05) is 0 Å². The number of benzene rings is 1. The molecule has 0 saturated carbocycles. The monoisotopic (exact) mass is 377 g/mol. The van der Waals surface area contributed by atoms with Crippen LogP contribution in [0.5, 0.6) is 5.75 Å². The Morgan fingerprint density at radius 1 is 1.11 bits per heavy atom. The molecule has 0 unspecified atom stereocenters. The van der Waals surface area contributed by atoms with Crippen molar-refractivity contribution in [2.45, 2.75) is 32.8 Å². The highest BCUT2D eigenvalue weighted by atomic mass is 16.6. The Kier molecular flexibility index (Phi) is 7.68. The number of amides is 1. The maximum atomic E-state index is 12.7. The first-order valence-corrected chi connectivity index (χ1v) is 8.11. The molecule has 0 aliphatic heterocycles. The van der Waals surface area contributed by atoms with Crippen molar-refractivity contribution >= 4 is 29.2 Å². The summed E-state index contributed by atoms with van der Waals surface area (Å²) >= 11 is 0. The van der Waals surface area contributed by atoms with E-state index in [1.807, 2.05) is 0 Å². The summed E-state index contributed by atoms with van der Waals surface area (Å²) in [6.45, 7) is 5.08. The van der Waals surface area contributed by atoms with E-state index in [0.717, 1.165) is 12.0 Å². The number of carbonyl (C=O) groups is 3. The average molecular weight is 377 g/mol. The van der Waals surface area contributed by atoms with Crippen LogP contribution in [0.25, 0.3) is 5.53 Å². The van der Waals surface area contributed by atoms with Gasteiger partial charge in [0, 0.05) is 12.2 Å². The van der Waals surface area contributed by atoms with E-state index >= 15 is 0 Å². The second kappa shape index (κ2) is 9.49. The summed E-state index contributed by atoms with van der Waals surface area (Å²) in [6, 6.07) is 6.35. The van der Waals surface area contributed by atoms with Crippen LogP contribution in [0.15, 0.2) is 24.3 Å². The highest BCUT2D eigenvalue weighted by Gasteiger charge is 2.36. The molecule has 1 aromatic rings. The van der Waals surface area contributed by atoms with Crippen LogP contribution in [0.1, 0.15) is 27.2 Å². The molecule has 1 rings (SSSR count). The second-order valence-electron chi connectivity index (χ2n) is 6.43. The summed E-state index contributed by atoms with van der Waals surface area (Å²) in [5.74, 6) is -1.98. The molecular weight excluding hydrogens is 354 g/mol. The first-order chi connectivity index (χ1) is 12.6. The first-order valence-electron chi connectivity index (χ1n) is 8.11. The number of hydrogen-bond acceptors (Lipinski definition) is 6. The molecule has 0 spiro atoms. The van der Waals surface area contributed by atoms with Gasteiger partial charge in [0.05, 0.1) is 20.6 Å². The molecule has 0 fully saturated rings. The maximum Gasteiger partial charge on any atom is 0.463 e. The van der Waals surface area contributed by atoms with Crippen LogP contribution in [0.4, 0.5) is 5.69 Å². The summed E-state index contributed by atoms with van der Waals surface area (Å²) < 4.78 is 14.7. The Morgan fingerprint density at radius 3 is 2.15 bits per heavy atom. The Hall–Kier alpha value is -3.19. The van der Waals surface area contributed by atoms with Crippen molar-refractivity contribution in [3.8, 4) is 5.75 Å². The van der Waals surface area contributed by atoms with Crippen molar-refractivity contribution < 1.29 is 33.4 Å². The molecule has 27 heavy (non-hydrogen) atoms. The molecular formula is C18H23N3O6. The van der Waals surface area contributed by atoms with Gasteiger partial charge in [0.25, 0.3) is 0 Å². The normalized spacial score (nSPS) is 10.4. The summed E-state index contributed by atoms with van der Waals surface area (Å²) in [5.41, 5.74) is 7.93.